The van der Waals surface area contributed by atoms with Crippen LogP contribution in [-0.2, 0) is 23.2 Å². The van der Waals surface area contributed by atoms with E-state index in [9.17, 15) is 30.6 Å². The molecule has 2 aromatic heterocycles. The van der Waals surface area contributed by atoms with E-state index in [4.69, 9.17) is 68.4 Å². The smallest absolute Gasteiger partial charge is 0.384 e. The van der Waals surface area contributed by atoms with Crippen molar-refractivity contribution in [2.24, 2.45) is 0 Å². The molecule has 0 fully saturated rings. The number of nitriles is 2. The second-order valence-corrected chi connectivity index (χ2v) is 27.3. The van der Waals surface area contributed by atoms with Crippen molar-refractivity contribution in [2.75, 3.05) is 17.7 Å². The first-order valence-corrected chi connectivity index (χ1v) is 26.7. The van der Waals surface area contributed by atoms with E-state index in [-0.39, 0.29) is 66.8 Å². The Bertz CT molecular complexity index is 1830. The zero-order chi connectivity index (χ0) is 35.3. The number of anilines is 2. The standard InChI is InChI=1S/C12H7Cl2F3N4OS.C11H5Cl2F3N4.CH4.I3/c1-23(22)10-8(4-18)20-21(11(10)19)9-6(13)2-5(3-7(9)14)12(15,16)17;12-7-1-5(11(14,15)16)2-8(13)10(7)20-9(18)3-6(4-17)19-20;;1-3-2/h2-3H,19H2,1H3;1-3H,18H2;1H4;/q;;;-1. The molecule has 256 valence electrons. The van der Waals surface area contributed by atoms with Crippen LogP contribution in [-0.4, -0.2) is 30.0 Å². The van der Waals surface area contributed by atoms with Gasteiger partial charge < -0.3 is 11.5 Å². The van der Waals surface area contributed by atoms with Crippen molar-refractivity contribution in [3.8, 4) is 23.5 Å². The fraction of sp³-hybridized carbons (Fsp3) is 0.167. The average molecular weight is 1100 g/mol. The third-order valence-electron chi connectivity index (χ3n) is 5.23. The first-order chi connectivity index (χ1) is 21.2. The molecule has 0 bridgehead atoms. The van der Waals surface area contributed by atoms with Crippen LogP contribution in [0.25, 0.3) is 11.4 Å². The van der Waals surface area contributed by atoms with Gasteiger partial charge in [0.05, 0.1) is 42.0 Å². The minimum absolute atomic E-state index is 0. The van der Waals surface area contributed by atoms with E-state index in [1.807, 2.05) is 0 Å². The molecule has 4 N–H and O–H groups in total. The summed E-state index contributed by atoms with van der Waals surface area (Å²) in [6.07, 6.45) is -7.91. The molecule has 0 aliphatic carbocycles. The van der Waals surface area contributed by atoms with E-state index in [2.05, 4.69) is 47.4 Å². The summed E-state index contributed by atoms with van der Waals surface area (Å²) in [5.41, 5.74) is 9.01. The van der Waals surface area contributed by atoms with Gasteiger partial charge in [0.15, 0.2) is 11.4 Å². The van der Waals surface area contributed by atoms with Crippen LogP contribution in [0, 0.1) is 22.7 Å². The number of hydrogen-bond donors (Lipinski definition) is 2. The van der Waals surface area contributed by atoms with Gasteiger partial charge in [-0.05, 0) is 24.3 Å². The topological polar surface area (TPSA) is 152 Å². The number of alkyl halides is 6. The number of hydrogen-bond acceptors (Lipinski definition) is 7. The fourth-order valence-electron chi connectivity index (χ4n) is 3.44. The number of benzene rings is 2. The predicted molar refractivity (Wildman–Crippen MR) is 183 cm³/mol. The van der Waals surface area contributed by atoms with Gasteiger partial charge in [-0.25, -0.2) is 9.36 Å². The fourth-order valence-corrected chi connectivity index (χ4v) is 5.47. The van der Waals surface area contributed by atoms with Crippen molar-refractivity contribution >= 4 is 106 Å². The third kappa shape index (κ3) is 10.8. The number of rotatable bonds is 3. The summed E-state index contributed by atoms with van der Waals surface area (Å²) in [6.45, 7) is 0. The minimum atomic E-state index is -4.63. The van der Waals surface area contributed by atoms with Crippen molar-refractivity contribution in [3.05, 3.63) is 72.9 Å². The number of halogens is 13. The van der Waals surface area contributed by atoms with Gasteiger partial charge in [0.2, 0.25) is 0 Å². The molecule has 0 aliphatic rings. The molecule has 4 aromatic rings. The molecule has 47 heavy (non-hydrogen) atoms. The van der Waals surface area contributed by atoms with Crippen LogP contribution in [0.2, 0.25) is 20.1 Å². The Morgan fingerprint density at radius 2 is 1.19 bits per heavy atom. The second kappa shape index (κ2) is 18.0. The molecule has 23 heteroatoms. The van der Waals surface area contributed by atoms with Crippen LogP contribution in [0.1, 0.15) is 29.9 Å². The second-order valence-electron chi connectivity index (χ2n) is 8.15. The largest absolute Gasteiger partial charge is 0.416 e. The summed E-state index contributed by atoms with van der Waals surface area (Å²) in [5, 5.41) is 24.1. The normalized spacial score (nSPS) is 11.6. The van der Waals surface area contributed by atoms with Crippen molar-refractivity contribution in [1.29, 1.82) is 10.5 Å². The monoisotopic (exact) mass is 1100 g/mol. The molecule has 9 nitrogen and oxygen atoms in total. The van der Waals surface area contributed by atoms with E-state index >= 15 is 0 Å². The number of nitrogen functional groups attached to an aromatic ring is 2. The predicted octanol–water partition coefficient (Wildman–Crippen LogP) is 6.45. The Balaban J connectivity index is 0.000000428. The summed E-state index contributed by atoms with van der Waals surface area (Å²) < 4.78 is 89.6. The maximum atomic E-state index is 12.7. The maximum absolute atomic E-state index is 12.7. The van der Waals surface area contributed by atoms with Gasteiger partial charge in [0.25, 0.3) is 0 Å². The number of nitrogens with two attached hydrogens (primary N) is 2. The van der Waals surface area contributed by atoms with Crippen molar-refractivity contribution in [2.45, 2.75) is 24.7 Å². The molecule has 0 radical (unpaired) electrons. The molecule has 2 aromatic carbocycles. The van der Waals surface area contributed by atoms with Gasteiger partial charge in [0, 0.05) is 12.3 Å². The Labute approximate surface area is 315 Å². The molecule has 0 aliphatic heterocycles. The van der Waals surface area contributed by atoms with E-state index in [0.717, 1.165) is 21.5 Å². The summed E-state index contributed by atoms with van der Waals surface area (Å²) in [6, 6.07) is 7.49. The molecule has 4 rings (SSSR count). The molecule has 1 atom stereocenters. The average Bonchev–Trinajstić information content (AvgIpc) is 3.46. The number of aromatic nitrogens is 4. The van der Waals surface area contributed by atoms with E-state index in [0.29, 0.717) is 25.4 Å². The van der Waals surface area contributed by atoms with Gasteiger partial charge in [-0.1, -0.05) is 53.8 Å². The Morgan fingerprint density at radius 3 is 1.47 bits per heavy atom. The molecular weight excluding hydrogens is 1080 g/mol. The zero-order valence-electron chi connectivity index (χ0n) is 22.0. The summed E-state index contributed by atoms with van der Waals surface area (Å²) >= 11 is 28.7. The van der Waals surface area contributed by atoms with Crippen LogP contribution in [0.15, 0.2) is 35.2 Å². The Morgan fingerprint density at radius 1 is 0.809 bits per heavy atom. The van der Waals surface area contributed by atoms with Gasteiger partial charge in [0.1, 0.15) is 40.0 Å². The van der Waals surface area contributed by atoms with E-state index in [1.165, 1.54) is 12.3 Å². The molecule has 1 unspecified atom stereocenters. The van der Waals surface area contributed by atoms with Gasteiger partial charge in [-0.2, -0.15) is 47.1 Å². The summed E-state index contributed by atoms with van der Waals surface area (Å²) in [5.74, 6) is -0.156. The van der Waals surface area contributed by atoms with Crippen LogP contribution in [0.4, 0.5) is 38.0 Å². The van der Waals surface area contributed by atoms with Crippen molar-refractivity contribution in [1.82, 2.24) is 19.6 Å². The first-order valence-electron chi connectivity index (χ1n) is 11.1. The van der Waals surface area contributed by atoms with Crippen LogP contribution < -0.4 is 24.7 Å². The van der Waals surface area contributed by atoms with Gasteiger partial charge in [-0.3, -0.25) is 4.21 Å². The first kappa shape index (κ1) is 43.5. The SMILES string of the molecule is C.CS(=O)c1c(C#N)nn(-c2c(Cl)cc(C(F)(F)F)cc2Cl)c1N.I[I-]I.N#Cc1cc(N)n(-c2c(Cl)cc(C(F)(F)F)cc2Cl)n1. The van der Waals surface area contributed by atoms with E-state index in [1.54, 1.807) is 12.1 Å². The van der Waals surface area contributed by atoms with Crippen LogP contribution in [0.3, 0.4) is 0 Å². The van der Waals surface area contributed by atoms with Crippen LogP contribution >= 0.6 is 83.6 Å². The molecular formula is C24H16Cl4F6I3N8OS-. The van der Waals surface area contributed by atoms with Gasteiger partial charge >= 0.3 is 62.8 Å². The van der Waals surface area contributed by atoms with E-state index < -0.39 is 34.3 Å². The molecule has 0 saturated carbocycles. The minimum Gasteiger partial charge on any atom is -0.384 e. The quantitative estimate of drug-likeness (QED) is 0.177. The Hall–Kier alpha value is -1.48. The summed E-state index contributed by atoms with van der Waals surface area (Å²) in [7, 11) is -1.63. The molecule has 2 heterocycles. The molecule has 0 spiro atoms. The number of nitrogens with zero attached hydrogens (tertiary/aromatic N) is 6. The molecule has 0 amide bonds. The third-order valence-corrected chi connectivity index (χ3v) is 7.36. The molecule has 0 saturated heterocycles. The Kier molecular flexibility index (Phi) is 16.6. The van der Waals surface area contributed by atoms with Crippen LogP contribution in [0.5, 0.6) is 0 Å². The summed E-state index contributed by atoms with van der Waals surface area (Å²) in [4.78, 5) is -0.0421. The van der Waals surface area contributed by atoms with Crippen molar-refractivity contribution < 1.29 is 43.8 Å². The maximum Gasteiger partial charge on any atom is 0.416 e. The van der Waals surface area contributed by atoms with Crippen molar-refractivity contribution in [3.63, 3.8) is 0 Å². The zero-order valence-corrected chi connectivity index (χ0v) is 32.3. The van der Waals surface area contributed by atoms with Gasteiger partial charge in [-0.15, -0.1) is 0 Å².